The lowest BCUT2D eigenvalue weighted by molar-refractivity contribution is -0.143. The van der Waals surface area contributed by atoms with Gasteiger partial charge in [-0.05, 0) is 18.6 Å². The fourth-order valence-corrected chi connectivity index (χ4v) is 1.65. The molecular weight excluding hydrogens is 312 g/mol. The van der Waals surface area contributed by atoms with Gasteiger partial charge >= 0.3 is 11.9 Å². The van der Waals surface area contributed by atoms with Crippen LogP contribution in [0.4, 0.5) is 8.78 Å². The molecule has 0 aromatic heterocycles. The molecule has 23 heavy (non-hydrogen) atoms. The summed E-state index contributed by atoms with van der Waals surface area (Å²) >= 11 is 0. The van der Waals surface area contributed by atoms with Gasteiger partial charge in [0.25, 0.3) is 5.91 Å². The van der Waals surface area contributed by atoms with Gasteiger partial charge in [0.2, 0.25) is 0 Å². The number of ether oxygens (including phenoxy) is 2. The Labute approximate surface area is 131 Å². The van der Waals surface area contributed by atoms with Gasteiger partial charge < -0.3 is 14.8 Å². The molecule has 8 heteroatoms. The lowest BCUT2D eigenvalue weighted by atomic mass is 10.1. The normalized spacial score (nSPS) is 11.8. The molecule has 6 nitrogen and oxygen atoms in total. The van der Waals surface area contributed by atoms with E-state index in [1.54, 1.807) is 0 Å². The number of esters is 2. The molecule has 0 saturated heterocycles. The van der Waals surface area contributed by atoms with Crippen LogP contribution in [0.1, 0.15) is 16.8 Å². The number of nitrogens with one attached hydrogen (secondary N) is 1. The summed E-state index contributed by atoms with van der Waals surface area (Å²) < 4.78 is 35.1. The zero-order valence-electron chi connectivity index (χ0n) is 12.5. The highest BCUT2D eigenvalue weighted by Gasteiger charge is 2.21. The highest BCUT2D eigenvalue weighted by molar-refractivity contribution is 5.96. The first-order valence-electron chi connectivity index (χ1n) is 6.46. The van der Waals surface area contributed by atoms with Crippen LogP contribution in [0.3, 0.4) is 0 Å². The number of hydrogen-bond donors (Lipinski definition) is 1. The quantitative estimate of drug-likeness (QED) is 0.630. The second-order valence-electron chi connectivity index (χ2n) is 4.37. The largest absolute Gasteiger partial charge is 0.467 e. The van der Waals surface area contributed by atoms with Crippen LogP contribution < -0.4 is 5.32 Å². The lowest BCUT2D eigenvalue weighted by Gasteiger charge is -2.15. The predicted molar refractivity (Wildman–Crippen MR) is 75.4 cm³/mol. The minimum Gasteiger partial charge on any atom is -0.467 e. The van der Waals surface area contributed by atoms with Gasteiger partial charge in [-0.15, -0.1) is 0 Å². The van der Waals surface area contributed by atoms with E-state index in [2.05, 4.69) is 14.8 Å². The predicted octanol–water partition coefficient (Wildman–Crippen LogP) is 1.36. The highest BCUT2D eigenvalue weighted by Crippen LogP contribution is 2.09. The molecule has 0 spiro atoms. The zero-order chi connectivity index (χ0) is 17.4. The molecule has 0 saturated carbocycles. The van der Waals surface area contributed by atoms with Gasteiger partial charge in [-0.3, -0.25) is 4.79 Å². The van der Waals surface area contributed by atoms with Crippen molar-refractivity contribution in [2.75, 3.05) is 14.2 Å². The maximum Gasteiger partial charge on any atom is 0.330 e. The summed E-state index contributed by atoms with van der Waals surface area (Å²) in [5.74, 6) is -4.10. The van der Waals surface area contributed by atoms with Crippen LogP contribution in [0.5, 0.6) is 0 Å². The zero-order valence-corrected chi connectivity index (χ0v) is 12.5. The van der Waals surface area contributed by atoms with Crippen molar-refractivity contribution in [3.05, 3.63) is 47.5 Å². The molecule has 0 aliphatic rings. The van der Waals surface area contributed by atoms with Crippen LogP contribution in [0, 0.1) is 11.6 Å². The topological polar surface area (TPSA) is 81.7 Å². The standard InChI is InChI=1S/C15H15F2NO5/c1-22-13(19)5-3-4-12(15(21)23-2)18-14(20)9-6-10(16)8-11(17)7-9/h3,5-8,12H,4H2,1-2H3,(H,18,20)/b5-3+/t12-/m1/s1. The Hall–Kier alpha value is -2.77. The van der Waals surface area contributed by atoms with Crippen LogP contribution in [-0.4, -0.2) is 38.1 Å². The Morgan fingerprint density at radius 3 is 2.26 bits per heavy atom. The molecule has 1 rings (SSSR count). The molecule has 0 aliphatic carbocycles. The molecule has 0 unspecified atom stereocenters. The Balaban J connectivity index is 2.83. The lowest BCUT2D eigenvalue weighted by Crippen LogP contribution is -2.41. The van der Waals surface area contributed by atoms with E-state index in [4.69, 9.17) is 0 Å². The van der Waals surface area contributed by atoms with Gasteiger partial charge in [0.15, 0.2) is 0 Å². The van der Waals surface area contributed by atoms with Crippen LogP contribution >= 0.6 is 0 Å². The number of carbonyl (C=O) groups is 3. The van der Waals surface area contributed by atoms with E-state index in [1.165, 1.54) is 13.2 Å². The van der Waals surface area contributed by atoms with Crippen molar-refractivity contribution >= 4 is 17.8 Å². The SMILES string of the molecule is COC(=O)/C=C/C[C@@H](NC(=O)c1cc(F)cc(F)c1)C(=O)OC. The molecule has 1 atom stereocenters. The van der Waals surface area contributed by atoms with Gasteiger partial charge in [0.05, 0.1) is 14.2 Å². The third kappa shape index (κ3) is 5.85. The molecule has 1 amide bonds. The number of hydrogen-bond acceptors (Lipinski definition) is 5. The Morgan fingerprint density at radius 1 is 1.13 bits per heavy atom. The maximum atomic E-state index is 13.1. The maximum absolute atomic E-state index is 13.1. The van der Waals surface area contributed by atoms with Gasteiger partial charge in [-0.2, -0.15) is 0 Å². The van der Waals surface area contributed by atoms with E-state index in [0.717, 1.165) is 25.3 Å². The summed E-state index contributed by atoms with van der Waals surface area (Å²) in [5.41, 5.74) is -0.284. The fraction of sp³-hybridized carbons (Fsp3) is 0.267. The smallest absolute Gasteiger partial charge is 0.330 e. The van der Waals surface area contributed by atoms with Crippen molar-refractivity contribution in [1.29, 1.82) is 0 Å². The summed E-state index contributed by atoms with van der Waals surface area (Å²) in [7, 11) is 2.30. The van der Waals surface area contributed by atoms with E-state index >= 15 is 0 Å². The highest BCUT2D eigenvalue weighted by atomic mass is 19.1. The second-order valence-corrected chi connectivity index (χ2v) is 4.37. The summed E-state index contributed by atoms with van der Waals surface area (Å²) in [6.45, 7) is 0. The number of halogens is 2. The van der Waals surface area contributed by atoms with Crippen molar-refractivity contribution in [3.63, 3.8) is 0 Å². The van der Waals surface area contributed by atoms with Crippen LogP contribution in [0.2, 0.25) is 0 Å². The van der Waals surface area contributed by atoms with Crippen molar-refractivity contribution < 1.29 is 32.6 Å². The molecule has 0 heterocycles. The van der Waals surface area contributed by atoms with Crippen LogP contribution in [-0.2, 0) is 19.1 Å². The van der Waals surface area contributed by atoms with E-state index < -0.39 is 35.5 Å². The fourth-order valence-electron chi connectivity index (χ4n) is 1.65. The number of benzene rings is 1. The molecule has 1 aromatic rings. The van der Waals surface area contributed by atoms with Crippen molar-refractivity contribution in [3.8, 4) is 0 Å². The minimum atomic E-state index is -1.13. The first-order chi connectivity index (χ1) is 10.9. The molecule has 0 aliphatic heterocycles. The average Bonchev–Trinajstić information content (AvgIpc) is 2.51. The van der Waals surface area contributed by atoms with E-state index in [0.29, 0.717) is 6.07 Å². The molecule has 0 fully saturated rings. The Morgan fingerprint density at radius 2 is 1.74 bits per heavy atom. The molecule has 1 aromatic carbocycles. The Kier molecular flexibility index (Phi) is 6.85. The number of methoxy groups -OCH3 is 2. The van der Waals surface area contributed by atoms with Crippen LogP contribution in [0.15, 0.2) is 30.4 Å². The van der Waals surface area contributed by atoms with Crippen molar-refractivity contribution in [2.45, 2.75) is 12.5 Å². The summed E-state index contributed by atoms with van der Waals surface area (Å²) in [5, 5.41) is 2.28. The summed E-state index contributed by atoms with van der Waals surface area (Å²) in [6, 6.07) is 1.15. The molecule has 0 radical (unpaired) electrons. The van der Waals surface area contributed by atoms with Gasteiger partial charge in [0.1, 0.15) is 17.7 Å². The van der Waals surface area contributed by atoms with Gasteiger partial charge in [0, 0.05) is 17.7 Å². The third-order valence-corrected chi connectivity index (χ3v) is 2.74. The van der Waals surface area contributed by atoms with E-state index in [-0.39, 0.29) is 12.0 Å². The van der Waals surface area contributed by atoms with Crippen molar-refractivity contribution in [2.24, 2.45) is 0 Å². The summed E-state index contributed by atoms with van der Waals surface area (Å²) in [6.07, 6.45) is 2.31. The molecule has 124 valence electrons. The second kappa shape index (κ2) is 8.62. The minimum absolute atomic E-state index is 0.0642. The summed E-state index contributed by atoms with van der Waals surface area (Å²) in [4.78, 5) is 34.5. The first kappa shape index (κ1) is 18.3. The molecular formula is C15H15F2NO5. The number of carbonyl (C=O) groups excluding carboxylic acids is 3. The average molecular weight is 327 g/mol. The van der Waals surface area contributed by atoms with E-state index in [9.17, 15) is 23.2 Å². The van der Waals surface area contributed by atoms with E-state index in [1.807, 2.05) is 0 Å². The molecule has 1 N–H and O–H groups in total. The first-order valence-corrected chi connectivity index (χ1v) is 6.46. The van der Waals surface area contributed by atoms with Crippen molar-refractivity contribution in [1.82, 2.24) is 5.32 Å². The van der Waals surface area contributed by atoms with Crippen LogP contribution in [0.25, 0.3) is 0 Å². The third-order valence-electron chi connectivity index (χ3n) is 2.74. The number of amides is 1. The number of rotatable bonds is 6. The van der Waals surface area contributed by atoms with Gasteiger partial charge in [-0.25, -0.2) is 18.4 Å². The Bertz CT molecular complexity index is 610. The monoisotopic (exact) mass is 327 g/mol. The van der Waals surface area contributed by atoms with Gasteiger partial charge in [-0.1, -0.05) is 6.08 Å². The molecule has 0 bridgehead atoms.